The van der Waals surface area contributed by atoms with Gasteiger partial charge < -0.3 is 10.1 Å². The Bertz CT molecular complexity index is 795. The minimum Gasteiger partial charge on any atom is -0.455 e. The zero-order valence-electron chi connectivity index (χ0n) is 14.7. The van der Waals surface area contributed by atoms with Gasteiger partial charge in [0.25, 0.3) is 5.91 Å². The van der Waals surface area contributed by atoms with E-state index in [-0.39, 0.29) is 6.61 Å². The summed E-state index contributed by atoms with van der Waals surface area (Å²) in [6.07, 6.45) is 0.322. The van der Waals surface area contributed by atoms with Gasteiger partial charge in [0, 0.05) is 10.6 Å². The molecule has 2 rings (SSSR count). The van der Waals surface area contributed by atoms with Crippen LogP contribution in [0.25, 0.3) is 0 Å². The largest absolute Gasteiger partial charge is 0.455 e. The van der Waals surface area contributed by atoms with E-state index >= 15 is 0 Å². The Labute approximate surface area is 157 Å². The molecule has 1 amide bonds. The number of hydrogen-bond acceptors (Lipinski definition) is 5. The first-order valence-electron chi connectivity index (χ1n) is 8.13. The first kappa shape index (κ1) is 19.5. The first-order chi connectivity index (χ1) is 12.5. The number of rotatable bonds is 7. The van der Waals surface area contributed by atoms with Gasteiger partial charge >= 0.3 is 5.97 Å². The highest BCUT2D eigenvalue weighted by Crippen LogP contribution is 2.24. The van der Waals surface area contributed by atoms with E-state index in [4.69, 9.17) is 10.00 Å². The second-order valence-corrected chi connectivity index (χ2v) is 7.18. The van der Waals surface area contributed by atoms with Gasteiger partial charge in [0.05, 0.1) is 12.5 Å². The fourth-order valence-corrected chi connectivity index (χ4v) is 2.98. The van der Waals surface area contributed by atoms with Crippen LogP contribution in [0.3, 0.4) is 0 Å². The molecule has 0 bridgehead atoms. The van der Waals surface area contributed by atoms with Gasteiger partial charge in [-0.1, -0.05) is 29.8 Å². The van der Waals surface area contributed by atoms with Gasteiger partial charge in [-0.2, -0.15) is 5.26 Å². The van der Waals surface area contributed by atoms with Crippen LogP contribution in [0, 0.1) is 18.3 Å². The summed E-state index contributed by atoms with van der Waals surface area (Å²) in [6, 6.07) is 16.9. The molecule has 0 aliphatic heterocycles. The Morgan fingerprint density at radius 3 is 2.42 bits per heavy atom. The topological polar surface area (TPSA) is 79.2 Å². The van der Waals surface area contributed by atoms with Crippen molar-refractivity contribution in [3.63, 3.8) is 0 Å². The Hall–Kier alpha value is -2.78. The van der Waals surface area contributed by atoms with E-state index in [1.54, 1.807) is 31.2 Å². The second-order valence-electron chi connectivity index (χ2n) is 5.76. The van der Waals surface area contributed by atoms with Crippen molar-refractivity contribution in [3.05, 3.63) is 59.7 Å². The van der Waals surface area contributed by atoms with E-state index in [2.05, 4.69) is 11.4 Å². The predicted molar refractivity (Wildman–Crippen MR) is 102 cm³/mol. The number of carbonyl (C=O) groups is 2. The average Bonchev–Trinajstić information content (AvgIpc) is 2.63. The number of hydrogen-bond donors (Lipinski definition) is 1. The maximum Gasteiger partial charge on any atom is 0.319 e. The van der Waals surface area contributed by atoms with Crippen molar-refractivity contribution >= 4 is 29.3 Å². The van der Waals surface area contributed by atoms with Crippen LogP contribution >= 0.6 is 11.8 Å². The van der Waals surface area contributed by atoms with E-state index in [0.29, 0.717) is 12.1 Å². The first-order valence-corrected chi connectivity index (χ1v) is 9.01. The van der Waals surface area contributed by atoms with Crippen LogP contribution in [-0.4, -0.2) is 23.7 Å². The lowest BCUT2D eigenvalue weighted by molar-refractivity contribution is -0.146. The molecule has 1 atom stereocenters. The number of nitrogens with zero attached hydrogens (tertiary/aromatic N) is 1. The minimum atomic E-state index is -0.435. The van der Waals surface area contributed by atoms with Crippen molar-refractivity contribution in [2.45, 2.75) is 30.4 Å². The molecule has 0 saturated heterocycles. The summed E-state index contributed by atoms with van der Waals surface area (Å²) in [4.78, 5) is 24.9. The zero-order valence-corrected chi connectivity index (χ0v) is 15.5. The summed E-state index contributed by atoms with van der Waals surface area (Å²) in [6.45, 7) is 3.41. The molecular formula is C20H20N2O3S. The number of aryl methyl sites for hydroxylation is 1. The molecule has 2 aromatic rings. The highest BCUT2D eigenvalue weighted by atomic mass is 32.2. The lowest BCUT2D eigenvalue weighted by atomic mass is 10.1. The maximum atomic E-state index is 12.0. The van der Waals surface area contributed by atoms with Gasteiger partial charge in [-0.15, -0.1) is 11.8 Å². The van der Waals surface area contributed by atoms with Gasteiger partial charge in [0.15, 0.2) is 6.61 Å². The van der Waals surface area contributed by atoms with Crippen molar-refractivity contribution in [3.8, 4) is 6.07 Å². The molecule has 2 aromatic carbocycles. The highest BCUT2D eigenvalue weighted by molar-refractivity contribution is 8.00. The zero-order chi connectivity index (χ0) is 18.9. The van der Waals surface area contributed by atoms with Crippen LogP contribution < -0.4 is 5.32 Å². The molecule has 0 aliphatic rings. The third-order valence-electron chi connectivity index (χ3n) is 3.53. The molecule has 1 N–H and O–H groups in total. The van der Waals surface area contributed by atoms with E-state index < -0.39 is 17.1 Å². The van der Waals surface area contributed by atoms with Gasteiger partial charge in [0.1, 0.15) is 5.25 Å². The van der Waals surface area contributed by atoms with E-state index in [1.807, 2.05) is 31.2 Å². The fourth-order valence-electron chi connectivity index (χ4n) is 2.12. The predicted octanol–water partition coefficient (Wildman–Crippen LogP) is 3.72. The Morgan fingerprint density at radius 1 is 1.15 bits per heavy atom. The number of nitriles is 1. The number of nitrogens with one attached hydrogen (secondary N) is 1. The molecule has 0 aromatic heterocycles. The number of amides is 1. The molecule has 0 saturated carbocycles. The van der Waals surface area contributed by atoms with Crippen LogP contribution in [0.4, 0.5) is 5.69 Å². The van der Waals surface area contributed by atoms with E-state index in [0.717, 1.165) is 16.0 Å². The number of thioether (sulfide) groups is 1. The van der Waals surface area contributed by atoms with Gasteiger partial charge in [-0.05, 0) is 43.7 Å². The molecule has 0 heterocycles. The molecule has 0 spiro atoms. The summed E-state index contributed by atoms with van der Waals surface area (Å²) in [5.74, 6) is -0.839. The van der Waals surface area contributed by atoms with Gasteiger partial charge in [-0.3, -0.25) is 9.59 Å². The quantitative estimate of drug-likeness (QED) is 0.595. The SMILES string of the molecule is Cc1ccc(S[C@@H](C)C(=O)OCC(=O)Nc2ccc(CC#N)cc2)cc1. The van der Waals surface area contributed by atoms with Crippen molar-refractivity contribution in [1.82, 2.24) is 0 Å². The van der Waals surface area contributed by atoms with Crippen LogP contribution in [0.15, 0.2) is 53.4 Å². The lowest BCUT2D eigenvalue weighted by Crippen LogP contribution is -2.24. The molecule has 134 valence electrons. The monoisotopic (exact) mass is 368 g/mol. The number of benzene rings is 2. The summed E-state index contributed by atoms with van der Waals surface area (Å²) in [5.41, 5.74) is 2.62. The summed E-state index contributed by atoms with van der Waals surface area (Å²) < 4.78 is 5.08. The molecule has 0 aliphatic carbocycles. The summed E-state index contributed by atoms with van der Waals surface area (Å²) in [5, 5.41) is 10.9. The van der Waals surface area contributed by atoms with Crippen molar-refractivity contribution in [2.75, 3.05) is 11.9 Å². The van der Waals surface area contributed by atoms with Gasteiger partial charge in [0.2, 0.25) is 0 Å². The molecule has 0 fully saturated rings. The molecule has 6 heteroatoms. The number of anilines is 1. The number of ether oxygens (including phenoxy) is 1. The summed E-state index contributed by atoms with van der Waals surface area (Å²) in [7, 11) is 0. The number of esters is 1. The standard InChI is InChI=1S/C20H20N2O3S/c1-14-3-9-18(10-4-14)26-15(2)20(24)25-13-19(23)22-17-7-5-16(6-8-17)11-12-21/h3-10,15H,11,13H2,1-2H3,(H,22,23)/t15-/m0/s1. The van der Waals surface area contributed by atoms with Crippen LogP contribution in [0.5, 0.6) is 0 Å². The van der Waals surface area contributed by atoms with Crippen molar-refractivity contribution < 1.29 is 14.3 Å². The fraction of sp³-hybridized carbons (Fsp3) is 0.250. The third kappa shape index (κ3) is 6.26. The maximum absolute atomic E-state index is 12.0. The molecular weight excluding hydrogens is 348 g/mol. The Balaban J connectivity index is 1.77. The molecule has 26 heavy (non-hydrogen) atoms. The third-order valence-corrected chi connectivity index (χ3v) is 4.62. The van der Waals surface area contributed by atoms with Crippen molar-refractivity contribution in [2.24, 2.45) is 0 Å². The van der Waals surface area contributed by atoms with Crippen LogP contribution in [0.2, 0.25) is 0 Å². The Kier molecular flexibility index (Phi) is 7.24. The van der Waals surface area contributed by atoms with Gasteiger partial charge in [-0.25, -0.2) is 0 Å². The smallest absolute Gasteiger partial charge is 0.319 e. The number of carbonyl (C=O) groups excluding carboxylic acids is 2. The molecule has 0 unspecified atom stereocenters. The normalized spacial score (nSPS) is 11.3. The Morgan fingerprint density at radius 2 is 1.81 bits per heavy atom. The second kappa shape index (κ2) is 9.64. The van der Waals surface area contributed by atoms with Crippen LogP contribution in [0.1, 0.15) is 18.1 Å². The van der Waals surface area contributed by atoms with E-state index in [1.165, 1.54) is 11.8 Å². The average molecular weight is 368 g/mol. The minimum absolute atomic E-state index is 0.322. The molecule has 0 radical (unpaired) electrons. The van der Waals surface area contributed by atoms with Crippen molar-refractivity contribution in [1.29, 1.82) is 5.26 Å². The highest BCUT2D eigenvalue weighted by Gasteiger charge is 2.17. The summed E-state index contributed by atoms with van der Waals surface area (Å²) >= 11 is 1.39. The lowest BCUT2D eigenvalue weighted by Gasteiger charge is -2.11. The van der Waals surface area contributed by atoms with Crippen LogP contribution in [-0.2, 0) is 20.7 Å². The van der Waals surface area contributed by atoms with E-state index in [9.17, 15) is 9.59 Å². The molecule has 5 nitrogen and oxygen atoms in total.